The first kappa shape index (κ1) is 30.3. The fourth-order valence-corrected chi connectivity index (χ4v) is 5.97. The highest BCUT2D eigenvalue weighted by Gasteiger charge is 2.26. The third-order valence-corrected chi connectivity index (χ3v) is 8.61. The standard InChI is InChI=1S/C30H46N4O3S/c1-21(2)24-11-12-25-27(19-24)38-29(33-25)14-13-28(35)32-26(23-9-7-6-8-10-23)20-31-30(36)22(3)15-16-34(4)17-18-37-5/h11-12,19,21,23,26H,3,6-10,13-18,20H2,1-2,4-5H3,(H,31,36)(H,32,35)/t26-/m1/s1. The molecule has 38 heavy (non-hydrogen) atoms. The molecule has 3 rings (SSSR count). The predicted molar refractivity (Wildman–Crippen MR) is 157 cm³/mol. The van der Waals surface area contributed by atoms with E-state index in [1.807, 2.05) is 7.05 Å². The minimum absolute atomic E-state index is 0.0237. The number of nitrogens with one attached hydrogen (secondary N) is 2. The van der Waals surface area contributed by atoms with E-state index in [9.17, 15) is 9.59 Å². The Labute approximate surface area is 232 Å². The summed E-state index contributed by atoms with van der Waals surface area (Å²) in [4.78, 5) is 32.6. The van der Waals surface area contributed by atoms with Crippen LogP contribution < -0.4 is 10.6 Å². The second kappa shape index (κ2) is 15.3. The lowest BCUT2D eigenvalue weighted by Crippen LogP contribution is -2.48. The number of aryl methyl sites for hydroxylation is 1. The van der Waals surface area contributed by atoms with Crippen LogP contribution in [0, 0.1) is 5.92 Å². The maximum Gasteiger partial charge on any atom is 0.246 e. The zero-order valence-electron chi connectivity index (χ0n) is 23.7. The first-order valence-corrected chi connectivity index (χ1v) is 14.9. The lowest BCUT2D eigenvalue weighted by Gasteiger charge is -2.31. The highest BCUT2D eigenvalue weighted by atomic mass is 32.1. The van der Waals surface area contributed by atoms with E-state index in [1.54, 1.807) is 18.4 Å². The molecule has 2 N–H and O–H groups in total. The molecule has 1 heterocycles. The maximum absolute atomic E-state index is 13.0. The second-order valence-electron chi connectivity index (χ2n) is 10.9. The van der Waals surface area contributed by atoms with Crippen LogP contribution in [0.15, 0.2) is 30.4 Å². The molecule has 210 valence electrons. The van der Waals surface area contributed by atoms with E-state index in [-0.39, 0.29) is 17.9 Å². The van der Waals surface area contributed by atoms with Crippen molar-refractivity contribution in [1.29, 1.82) is 0 Å². The Hall–Kier alpha value is -2.29. The number of fused-ring (bicyclic) bond motifs is 1. The van der Waals surface area contributed by atoms with E-state index in [2.05, 4.69) is 54.2 Å². The first-order chi connectivity index (χ1) is 18.3. The fraction of sp³-hybridized carbons (Fsp3) is 0.633. The molecule has 0 saturated heterocycles. The van der Waals surface area contributed by atoms with Gasteiger partial charge in [-0.2, -0.15) is 0 Å². The Morgan fingerprint density at radius 3 is 2.66 bits per heavy atom. The van der Waals surface area contributed by atoms with Gasteiger partial charge in [0.25, 0.3) is 0 Å². The predicted octanol–water partition coefficient (Wildman–Crippen LogP) is 5.06. The number of rotatable bonds is 15. The molecule has 2 amide bonds. The van der Waals surface area contributed by atoms with Crippen LogP contribution >= 0.6 is 11.3 Å². The lowest BCUT2D eigenvalue weighted by molar-refractivity contribution is -0.123. The number of hydrogen-bond donors (Lipinski definition) is 2. The smallest absolute Gasteiger partial charge is 0.246 e. The van der Waals surface area contributed by atoms with Crippen LogP contribution in [0.25, 0.3) is 10.2 Å². The van der Waals surface area contributed by atoms with Crippen LogP contribution in [-0.2, 0) is 20.7 Å². The molecule has 2 aromatic rings. The lowest BCUT2D eigenvalue weighted by atomic mass is 9.83. The van der Waals surface area contributed by atoms with E-state index in [1.165, 1.54) is 29.5 Å². The van der Waals surface area contributed by atoms with Crippen LogP contribution in [0.2, 0.25) is 0 Å². The second-order valence-corrected chi connectivity index (χ2v) is 12.0. The van der Waals surface area contributed by atoms with Crippen LogP contribution in [0.1, 0.15) is 75.3 Å². The van der Waals surface area contributed by atoms with Gasteiger partial charge in [-0.3, -0.25) is 9.59 Å². The van der Waals surface area contributed by atoms with Gasteiger partial charge in [-0.15, -0.1) is 11.3 Å². The third kappa shape index (κ3) is 9.47. The van der Waals surface area contributed by atoms with Crippen LogP contribution in [0.4, 0.5) is 0 Å². The molecule has 8 heteroatoms. The molecule has 0 unspecified atom stereocenters. The number of carbonyl (C=O) groups is 2. The molecule has 0 radical (unpaired) electrons. The maximum atomic E-state index is 13.0. The zero-order valence-corrected chi connectivity index (χ0v) is 24.5. The summed E-state index contributed by atoms with van der Waals surface area (Å²) < 4.78 is 6.29. The van der Waals surface area contributed by atoms with E-state index in [4.69, 9.17) is 9.72 Å². The molecular weight excluding hydrogens is 496 g/mol. The summed E-state index contributed by atoms with van der Waals surface area (Å²) in [5.41, 5.74) is 2.88. The van der Waals surface area contributed by atoms with Crippen LogP contribution in [-0.4, -0.2) is 68.1 Å². The van der Waals surface area contributed by atoms with Gasteiger partial charge in [-0.1, -0.05) is 45.8 Å². The first-order valence-electron chi connectivity index (χ1n) is 14.1. The number of amides is 2. The molecule has 0 aliphatic heterocycles. The van der Waals surface area contributed by atoms with Crippen molar-refractivity contribution in [1.82, 2.24) is 20.5 Å². The van der Waals surface area contributed by atoms with Crippen molar-refractivity contribution in [2.24, 2.45) is 5.92 Å². The monoisotopic (exact) mass is 542 g/mol. The number of likely N-dealkylation sites (N-methyl/N-ethyl adjacent to an activating group) is 1. The van der Waals surface area contributed by atoms with Crippen LogP contribution in [0.5, 0.6) is 0 Å². The summed E-state index contributed by atoms with van der Waals surface area (Å²) in [6, 6.07) is 6.38. The van der Waals surface area contributed by atoms with Crippen LogP contribution in [0.3, 0.4) is 0 Å². The van der Waals surface area contributed by atoms with Gasteiger partial charge in [0, 0.05) is 51.2 Å². The van der Waals surface area contributed by atoms with Gasteiger partial charge in [0.05, 0.1) is 21.8 Å². The van der Waals surface area contributed by atoms with Gasteiger partial charge in [-0.05, 0) is 55.8 Å². The number of thiazole rings is 1. The van der Waals surface area contributed by atoms with Gasteiger partial charge in [-0.25, -0.2) is 4.98 Å². The Morgan fingerprint density at radius 2 is 1.95 bits per heavy atom. The normalized spacial score (nSPS) is 15.2. The molecular formula is C30H46N4O3S. The van der Waals surface area contributed by atoms with E-state index in [0.717, 1.165) is 36.5 Å². The Balaban J connectivity index is 1.51. The highest BCUT2D eigenvalue weighted by molar-refractivity contribution is 7.18. The molecule has 1 atom stereocenters. The third-order valence-electron chi connectivity index (χ3n) is 7.53. The average Bonchev–Trinajstić information content (AvgIpc) is 3.34. The largest absolute Gasteiger partial charge is 0.383 e. The number of carbonyl (C=O) groups excluding carboxylic acids is 2. The molecule has 1 aromatic heterocycles. The number of hydrogen-bond acceptors (Lipinski definition) is 6. The number of nitrogens with zero attached hydrogens (tertiary/aromatic N) is 2. The number of methoxy groups -OCH3 is 1. The van der Waals surface area contributed by atoms with Crippen molar-refractivity contribution in [3.8, 4) is 0 Å². The van der Waals surface area contributed by atoms with E-state index < -0.39 is 0 Å². The number of benzene rings is 1. The summed E-state index contributed by atoms with van der Waals surface area (Å²) in [5, 5.41) is 7.30. The van der Waals surface area contributed by atoms with E-state index >= 15 is 0 Å². The van der Waals surface area contributed by atoms with Crippen molar-refractivity contribution in [3.05, 3.63) is 40.9 Å². The van der Waals surface area contributed by atoms with Crippen molar-refractivity contribution in [3.63, 3.8) is 0 Å². The van der Waals surface area contributed by atoms with Gasteiger partial charge in [0.1, 0.15) is 0 Å². The molecule has 0 bridgehead atoms. The summed E-state index contributed by atoms with van der Waals surface area (Å²) in [6.45, 7) is 11.0. The van der Waals surface area contributed by atoms with Crippen molar-refractivity contribution in [2.75, 3.05) is 40.4 Å². The molecule has 1 saturated carbocycles. The molecule has 1 aliphatic carbocycles. The van der Waals surface area contributed by atoms with E-state index in [0.29, 0.717) is 49.8 Å². The summed E-state index contributed by atoms with van der Waals surface area (Å²) in [5.74, 6) is 0.761. The number of ether oxygens (including phenoxy) is 1. The highest BCUT2D eigenvalue weighted by Crippen LogP contribution is 2.28. The Kier molecular flexibility index (Phi) is 12.2. The molecule has 1 aliphatic rings. The Morgan fingerprint density at radius 1 is 1.18 bits per heavy atom. The topological polar surface area (TPSA) is 83.6 Å². The van der Waals surface area contributed by atoms with Gasteiger partial charge >= 0.3 is 0 Å². The molecule has 7 nitrogen and oxygen atoms in total. The van der Waals surface area contributed by atoms with Crippen molar-refractivity contribution < 1.29 is 14.3 Å². The molecule has 1 aromatic carbocycles. The minimum Gasteiger partial charge on any atom is -0.383 e. The quantitative estimate of drug-likeness (QED) is 0.308. The van der Waals surface area contributed by atoms with Gasteiger partial charge < -0.3 is 20.3 Å². The minimum atomic E-state index is -0.129. The Bertz CT molecular complexity index is 1060. The fourth-order valence-electron chi connectivity index (χ4n) is 4.95. The SMILES string of the molecule is C=C(CCN(C)CCOC)C(=O)NC[C@@H](NC(=O)CCc1nc2ccc(C(C)C)cc2s1)C1CCCCC1. The van der Waals surface area contributed by atoms with Gasteiger partial charge in [0.2, 0.25) is 11.8 Å². The molecule has 0 spiro atoms. The number of aromatic nitrogens is 1. The summed E-state index contributed by atoms with van der Waals surface area (Å²) in [7, 11) is 3.70. The summed E-state index contributed by atoms with van der Waals surface area (Å²) in [6.07, 6.45) is 7.39. The van der Waals surface area contributed by atoms with Crippen molar-refractivity contribution >= 4 is 33.4 Å². The average molecular weight is 543 g/mol. The zero-order chi connectivity index (χ0) is 27.5. The summed E-state index contributed by atoms with van der Waals surface area (Å²) >= 11 is 1.68. The van der Waals surface area contributed by atoms with Crippen molar-refractivity contribution in [2.45, 2.75) is 77.2 Å². The molecule has 1 fully saturated rings. The van der Waals surface area contributed by atoms with Gasteiger partial charge in [0.15, 0.2) is 0 Å².